The SMILES string of the molecule is CCCNC1CCC(N(C)C(=O)CCCOC)CC1. The minimum Gasteiger partial charge on any atom is -0.385 e. The van der Waals surface area contributed by atoms with Gasteiger partial charge in [0.25, 0.3) is 0 Å². The first-order valence-corrected chi connectivity index (χ1v) is 7.67. The Hall–Kier alpha value is -0.610. The van der Waals surface area contributed by atoms with Gasteiger partial charge >= 0.3 is 0 Å². The molecule has 0 aliphatic heterocycles. The van der Waals surface area contributed by atoms with Crippen molar-refractivity contribution in [2.45, 2.75) is 64.0 Å². The van der Waals surface area contributed by atoms with Gasteiger partial charge in [0.1, 0.15) is 0 Å². The first-order chi connectivity index (χ1) is 9.19. The molecule has 1 rings (SSSR count). The van der Waals surface area contributed by atoms with Crippen LogP contribution in [-0.2, 0) is 9.53 Å². The molecule has 1 aliphatic carbocycles. The van der Waals surface area contributed by atoms with Crippen LogP contribution in [0.15, 0.2) is 0 Å². The Morgan fingerprint density at radius 1 is 1.32 bits per heavy atom. The van der Waals surface area contributed by atoms with Crippen LogP contribution in [0.4, 0.5) is 0 Å². The van der Waals surface area contributed by atoms with Crippen LogP contribution in [0.3, 0.4) is 0 Å². The lowest BCUT2D eigenvalue weighted by Crippen LogP contribution is -2.43. The molecule has 1 fully saturated rings. The molecule has 0 heterocycles. The van der Waals surface area contributed by atoms with E-state index < -0.39 is 0 Å². The van der Waals surface area contributed by atoms with Crippen LogP contribution < -0.4 is 5.32 Å². The Balaban J connectivity index is 2.23. The fraction of sp³-hybridized carbons (Fsp3) is 0.933. The van der Waals surface area contributed by atoms with Crippen molar-refractivity contribution in [3.63, 3.8) is 0 Å². The van der Waals surface area contributed by atoms with Gasteiger partial charge in [0, 0.05) is 39.3 Å². The molecule has 1 N–H and O–H groups in total. The number of ether oxygens (including phenoxy) is 1. The van der Waals surface area contributed by atoms with Gasteiger partial charge in [-0.2, -0.15) is 0 Å². The normalized spacial score (nSPS) is 23.3. The summed E-state index contributed by atoms with van der Waals surface area (Å²) in [6.07, 6.45) is 7.28. The van der Waals surface area contributed by atoms with Crippen molar-refractivity contribution >= 4 is 5.91 Å². The maximum absolute atomic E-state index is 12.0. The smallest absolute Gasteiger partial charge is 0.222 e. The van der Waals surface area contributed by atoms with Gasteiger partial charge in [-0.15, -0.1) is 0 Å². The number of carbonyl (C=O) groups excluding carboxylic acids is 1. The van der Waals surface area contributed by atoms with E-state index in [0.29, 0.717) is 25.1 Å². The van der Waals surface area contributed by atoms with E-state index in [9.17, 15) is 4.79 Å². The van der Waals surface area contributed by atoms with Gasteiger partial charge in [-0.1, -0.05) is 6.92 Å². The van der Waals surface area contributed by atoms with Gasteiger partial charge < -0.3 is 15.0 Å². The number of rotatable bonds is 8. The van der Waals surface area contributed by atoms with Gasteiger partial charge in [0.15, 0.2) is 0 Å². The van der Waals surface area contributed by atoms with Crippen LogP contribution in [0.2, 0.25) is 0 Å². The minimum atomic E-state index is 0.266. The van der Waals surface area contributed by atoms with E-state index in [4.69, 9.17) is 4.74 Å². The zero-order valence-electron chi connectivity index (χ0n) is 12.8. The van der Waals surface area contributed by atoms with E-state index in [0.717, 1.165) is 25.8 Å². The number of hydrogen-bond donors (Lipinski definition) is 1. The third kappa shape index (κ3) is 5.91. The van der Waals surface area contributed by atoms with Crippen molar-refractivity contribution in [2.75, 3.05) is 27.3 Å². The van der Waals surface area contributed by atoms with Crippen molar-refractivity contribution in [1.82, 2.24) is 10.2 Å². The lowest BCUT2D eigenvalue weighted by Gasteiger charge is -2.35. The van der Waals surface area contributed by atoms with Crippen LogP contribution >= 0.6 is 0 Å². The average molecular weight is 270 g/mol. The van der Waals surface area contributed by atoms with Crippen molar-refractivity contribution in [3.05, 3.63) is 0 Å². The third-order valence-electron chi connectivity index (χ3n) is 4.06. The van der Waals surface area contributed by atoms with Crippen molar-refractivity contribution in [2.24, 2.45) is 0 Å². The Labute approximate surface area is 117 Å². The zero-order chi connectivity index (χ0) is 14.1. The summed E-state index contributed by atoms with van der Waals surface area (Å²) in [7, 11) is 3.64. The average Bonchev–Trinajstić information content (AvgIpc) is 2.45. The highest BCUT2D eigenvalue weighted by Gasteiger charge is 2.25. The number of methoxy groups -OCH3 is 1. The molecule has 0 aromatic carbocycles. The van der Waals surface area contributed by atoms with Crippen LogP contribution in [0.25, 0.3) is 0 Å². The molecule has 4 heteroatoms. The number of nitrogens with one attached hydrogen (secondary N) is 1. The molecule has 0 aromatic heterocycles. The van der Waals surface area contributed by atoms with Crippen LogP contribution in [0.5, 0.6) is 0 Å². The quantitative estimate of drug-likeness (QED) is 0.687. The molecule has 0 radical (unpaired) electrons. The molecule has 0 atom stereocenters. The van der Waals surface area contributed by atoms with E-state index in [1.54, 1.807) is 7.11 Å². The van der Waals surface area contributed by atoms with E-state index in [-0.39, 0.29) is 5.91 Å². The largest absolute Gasteiger partial charge is 0.385 e. The lowest BCUT2D eigenvalue weighted by molar-refractivity contribution is -0.133. The molecule has 1 amide bonds. The predicted molar refractivity (Wildman–Crippen MR) is 78.2 cm³/mol. The number of hydrogen-bond acceptors (Lipinski definition) is 3. The molecule has 1 aliphatic rings. The summed E-state index contributed by atoms with van der Waals surface area (Å²) >= 11 is 0. The topological polar surface area (TPSA) is 41.6 Å². The monoisotopic (exact) mass is 270 g/mol. The summed E-state index contributed by atoms with van der Waals surface area (Å²) in [6.45, 7) is 3.99. The van der Waals surface area contributed by atoms with Gasteiger partial charge in [-0.3, -0.25) is 4.79 Å². The second kappa shape index (κ2) is 9.32. The highest BCUT2D eigenvalue weighted by Crippen LogP contribution is 2.23. The molecule has 0 unspecified atom stereocenters. The number of amides is 1. The molecule has 0 saturated heterocycles. The Morgan fingerprint density at radius 3 is 2.58 bits per heavy atom. The molecule has 4 nitrogen and oxygen atoms in total. The third-order valence-corrected chi connectivity index (χ3v) is 4.06. The van der Waals surface area contributed by atoms with E-state index >= 15 is 0 Å². The van der Waals surface area contributed by atoms with Crippen LogP contribution in [0.1, 0.15) is 51.9 Å². The van der Waals surface area contributed by atoms with E-state index in [2.05, 4.69) is 12.2 Å². The summed E-state index contributed by atoms with van der Waals surface area (Å²) in [5, 5.41) is 3.58. The minimum absolute atomic E-state index is 0.266. The second-order valence-corrected chi connectivity index (χ2v) is 5.56. The second-order valence-electron chi connectivity index (χ2n) is 5.56. The van der Waals surface area contributed by atoms with Gasteiger partial charge in [-0.25, -0.2) is 0 Å². The summed E-state index contributed by atoms with van der Waals surface area (Å²) in [6, 6.07) is 1.10. The Morgan fingerprint density at radius 2 is 2.00 bits per heavy atom. The molecular formula is C15H30N2O2. The fourth-order valence-electron chi connectivity index (χ4n) is 2.76. The van der Waals surface area contributed by atoms with Crippen molar-refractivity contribution in [3.8, 4) is 0 Å². The first-order valence-electron chi connectivity index (χ1n) is 7.67. The molecule has 0 spiro atoms. The number of carbonyl (C=O) groups is 1. The van der Waals surface area contributed by atoms with Crippen LogP contribution in [0, 0.1) is 0 Å². The lowest BCUT2D eigenvalue weighted by atomic mass is 9.90. The summed E-state index contributed by atoms with van der Waals surface area (Å²) in [5.74, 6) is 0.266. The van der Waals surface area contributed by atoms with Crippen molar-refractivity contribution in [1.29, 1.82) is 0 Å². The Bertz CT molecular complexity index is 251. The van der Waals surface area contributed by atoms with Crippen molar-refractivity contribution < 1.29 is 9.53 Å². The molecule has 112 valence electrons. The van der Waals surface area contributed by atoms with Gasteiger partial charge in [0.05, 0.1) is 0 Å². The molecule has 0 aromatic rings. The molecular weight excluding hydrogens is 240 g/mol. The first kappa shape index (κ1) is 16.4. The molecule has 1 saturated carbocycles. The fourth-order valence-corrected chi connectivity index (χ4v) is 2.76. The summed E-state index contributed by atoms with van der Waals surface area (Å²) < 4.78 is 4.99. The summed E-state index contributed by atoms with van der Waals surface area (Å²) in [4.78, 5) is 14.0. The predicted octanol–water partition coefficient (Wildman–Crippen LogP) is 2.18. The Kier molecular flexibility index (Phi) is 8.07. The highest BCUT2D eigenvalue weighted by molar-refractivity contribution is 5.76. The van der Waals surface area contributed by atoms with E-state index in [1.807, 2.05) is 11.9 Å². The van der Waals surface area contributed by atoms with Gasteiger partial charge in [-0.05, 0) is 45.1 Å². The number of nitrogens with zero attached hydrogens (tertiary/aromatic N) is 1. The van der Waals surface area contributed by atoms with E-state index in [1.165, 1.54) is 19.3 Å². The highest BCUT2D eigenvalue weighted by atomic mass is 16.5. The molecule has 0 bridgehead atoms. The van der Waals surface area contributed by atoms with Crippen LogP contribution in [-0.4, -0.2) is 50.2 Å². The standard InChI is InChI=1S/C15H30N2O2/c1-4-11-16-13-7-9-14(10-8-13)17(2)15(18)6-5-12-19-3/h13-14,16H,4-12H2,1-3H3. The zero-order valence-corrected chi connectivity index (χ0v) is 12.8. The maximum atomic E-state index is 12.0. The summed E-state index contributed by atoms with van der Waals surface area (Å²) in [5.41, 5.74) is 0. The maximum Gasteiger partial charge on any atom is 0.222 e. The van der Waals surface area contributed by atoms with Gasteiger partial charge in [0.2, 0.25) is 5.91 Å². The molecule has 19 heavy (non-hydrogen) atoms.